The first-order valence-corrected chi connectivity index (χ1v) is 10.6. The average molecular weight is 415 g/mol. The SMILES string of the molecule is O=C(c1ccc(-n2cccc2)cc1)[C@@H](C(=O)C(F)(F)F)C12CC3CC(CC(C3)C1)C2. The number of benzene rings is 1. The molecule has 1 aromatic heterocycles. The molecule has 1 atom stereocenters. The summed E-state index contributed by atoms with van der Waals surface area (Å²) in [5, 5.41) is 0. The molecule has 0 saturated heterocycles. The number of halogens is 3. The number of hydrogen-bond donors (Lipinski definition) is 0. The van der Waals surface area contributed by atoms with Crippen LogP contribution in [0.4, 0.5) is 13.2 Å². The summed E-state index contributed by atoms with van der Waals surface area (Å²) in [6, 6.07) is 10.3. The summed E-state index contributed by atoms with van der Waals surface area (Å²) < 4.78 is 42.7. The summed E-state index contributed by atoms with van der Waals surface area (Å²) >= 11 is 0. The van der Waals surface area contributed by atoms with Gasteiger partial charge in [-0.2, -0.15) is 13.2 Å². The van der Waals surface area contributed by atoms with E-state index in [1.807, 2.05) is 29.1 Å². The van der Waals surface area contributed by atoms with E-state index in [1.165, 1.54) is 0 Å². The molecule has 6 heteroatoms. The number of nitrogens with zero attached hydrogens (tertiary/aromatic N) is 1. The summed E-state index contributed by atoms with van der Waals surface area (Å²) in [4.78, 5) is 26.0. The zero-order valence-corrected chi connectivity index (χ0v) is 16.6. The van der Waals surface area contributed by atoms with Crippen LogP contribution in [0, 0.1) is 29.1 Å². The molecule has 1 aromatic carbocycles. The molecule has 0 amide bonds. The Morgan fingerprint density at radius 1 is 0.900 bits per heavy atom. The monoisotopic (exact) mass is 415 g/mol. The minimum Gasteiger partial charge on any atom is -0.324 e. The van der Waals surface area contributed by atoms with Crippen LogP contribution in [0.5, 0.6) is 0 Å². The van der Waals surface area contributed by atoms with Crippen molar-refractivity contribution in [3.63, 3.8) is 0 Å². The van der Waals surface area contributed by atoms with Gasteiger partial charge in [-0.25, -0.2) is 0 Å². The van der Waals surface area contributed by atoms with E-state index >= 15 is 0 Å². The summed E-state index contributed by atoms with van der Waals surface area (Å²) in [7, 11) is 0. The number of rotatable bonds is 5. The fourth-order valence-electron chi connectivity index (χ4n) is 6.84. The minimum absolute atomic E-state index is 0.184. The van der Waals surface area contributed by atoms with E-state index in [0.29, 0.717) is 37.0 Å². The summed E-state index contributed by atoms with van der Waals surface area (Å²) in [5.41, 5.74) is 0.159. The molecule has 0 aliphatic heterocycles. The first kappa shape index (κ1) is 19.6. The maximum atomic E-state index is 13.6. The Bertz CT molecular complexity index is 924. The van der Waals surface area contributed by atoms with Gasteiger partial charge in [-0.1, -0.05) is 0 Å². The van der Waals surface area contributed by atoms with Crippen molar-refractivity contribution in [3.8, 4) is 5.69 Å². The van der Waals surface area contributed by atoms with E-state index in [-0.39, 0.29) is 5.56 Å². The number of carbonyl (C=O) groups is 2. The topological polar surface area (TPSA) is 39.1 Å². The van der Waals surface area contributed by atoms with Crippen molar-refractivity contribution in [2.24, 2.45) is 29.1 Å². The zero-order valence-electron chi connectivity index (χ0n) is 16.6. The summed E-state index contributed by atoms with van der Waals surface area (Å²) in [5.74, 6) is -3.10. The van der Waals surface area contributed by atoms with Gasteiger partial charge in [-0.3, -0.25) is 9.59 Å². The molecule has 6 rings (SSSR count). The van der Waals surface area contributed by atoms with Crippen LogP contribution in [-0.4, -0.2) is 22.3 Å². The first-order chi connectivity index (χ1) is 14.2. The molecule has 4 bridgehead atoms. The Hall–Kier alpha value is -2.37. The predicted octanol–water partition coefficient (Wildman–Crippen LogP) is 5.62. The van der Waals surface area contributed by atoms with Gasteiger partial charge in [0.25, 0.3) is 0 Å². The molecule has 0 radical (unpaired) electrons. The highest BCUT2D eigenvalue weighted by molar-refractivity contribution is 6.13. The largest absolute Gasteiger partial charge is 0.450 e. The lowest BCUT2D eigenvalue weighted by atomic mass is 9.45. The second-order valence-electron chi connectivity index (χ2n) is 9.58. The highest BCUT2D eigenvalue weighted by Crippen LogP contribution is 2.63. The third-order valence-electron chi connectivity index (χ3n) is 7.56. The Balaban J connectivity index is 1.51. The second kappa shape index (κ2) is 6.82. The Morgan fingerprint density at radius 2 is 1.40 bits per heavy atom. The van der Waals surface area contributed by atoms with Gasteiger partial charge in [0.1, 0.15) is 0 Å². The quantitative estimate of drug-likeness (QED) is 0.469. The van der Waals surface area contributed by atoms with Crippen molar-refractivity contribution in [1.29, 1.82) is 0 Å². The van der Waals surface area contributed by atoms with Crippen LogP contribution in [0.1, 0.15) is 48.9 Å². The van der Waals surface area contributed by atoms with Crippen molar-refractivity contribution in [1.82, 2.24) is 4.57 Å². The number of alkyl halides is 3. The van der Waals surface area contributed by atoms with Gasteiger partial charge >= 0.3 is 6.18 Å². The van der Waals surface area contributed by atoms with Gasteiger partial charge in [0.15, 0.2) is 5.78 Å². The normalized spacial score (nSPS) is 31.0. The molecule has 30 heavy (non-hydrogen) atoms. The number of carbonyl (C=O) groups excluding carboxylic acids is 2. The average Bonchev–Trinajstić information content (AvgIpc) is 3.21. The van der Waals surface area contributed by atoms with Gasteiger partial charge in [0.05, 0.1) is 5.92 Å². The molecule has 2 aromatic rings. The van der Waals surface area contributed by atoms with Crippen LogP contribution >= 0.6 is 0 Å². The van der Waals surface area contributed by atoms with Crippen LogP contribution in [0.15, 0.2) is 48.8 Å². The van der Waals surface area contributed by atoms with E-state index in [2.05, 4.69) is 0 Å². The van der Waals surface area contributed by atoms with E-state index < -0.39 is 29.1 Å². The minimum atomic E-state index is -5.01. The molecule has 4 aliphatic rings. The standard InChI is InChI=1S/C24H24F3NO2/c25-24(26,27)22(30)20(23-12-15-9-16(13-23)11-17(10-15)14-23)21(29)18-3-5-19(6-4-18)28-7-1-2-8-28/h1-8,15-17,20H,9-14H2/t15?,16?,17?,20-,23?/m0/s1. The lowest BCUT2D eigenvalue weighted by molar-refractivity contribution is -0.183. The van der Waals surface area contributed by atoms with Gasteiger partial charge in [0.2, 0.25) is 5.78 Å². The van der Waals surface area contributed by atoms with Gasteiger partial charge in [0, 0.05) is 23.6 Å². The van der Waals surface area contributed by atoms with Crippen LogP contribution in [0.3, 0.4) is 0 Å². The van der Waals surface area contributed by atoms with Gasteiger partial charge in [-0.15, -0.1) is 0 Å². The summed E-state index contributed by atoms with van der Waals surface area (Å²) in [6.07, 6.45) is 3.50. The van der Waals surface area contributed by atoms with Gasteiger partial charge in [-0.05, 0) is 98.1 Å². The molecule has 3 nitrogen and oxygen atoms in total. The van der Waals surface area contributed by atoms with Crippen LogP contribution < -0.4 is 0 Å². The highest BCUT2D eigenvalue weighted by atomic mass is 19.4. The van der Waals surface area contributed by atoms with E-state index in [1.54, 1.807) is 24.3 Å². The Morgan fingerprint density at radius 3 is 1.87 bits per heavy atom. The van der Waals surface area contributed by atoms with E-state index in [4.69, 9.17) is 0 Å². The number of hydrogen-bond acceptors (Lipinski definition) is 2. The third kappa shape index (κ3) is 3.21. The molecular weight excluding hydrogens is 391 g/mol. The van der Waals surface area contributed by atoms with Crippen molar-refractivity contribution in [2.45, 2.75) is 44.7 Å². The van der Waals surface area contributed by atoms with Crippen LogP contribution in [-0.2, 0) is 4.79 Å². The molecule has 1 heterocycles. The molecule has 4 fully saturated rings. The summed E-state index contributed by atoms with van der Waals surface area (Å²) in [6.45, 7) is 0. The van der Waals surface area contributed by atoms with Gasteiger partial charge < -0.3 is 4.57 Å². The number of ketones is 2. The third-order valence-corrected chi connectivity index (χ3v) is 7.56. The lowest BCUT2D eigenvalue weighted by Crippen LogP contribution is -2.55. The molecule has 4 aliphatic carbocycles. The molecule has 0 spiro atoms. The first-order valence-electron chi connectivity index (χ1n) is 10.6. The lowest BCUT2D eigenvalue weighted by Gasteiger charge is -2.58. The number of aromatic nitrogens is 1. The maximum Gasteiger partial charge on any atom is 0.450 e. The van der Waals surface area contributed by atoms with Crippen LogP contribution in [0.2, 0.25) is 0 Å². The smallest absolute Gasteiger partial charge is 0.324 e. The van der Waals surface area contributed by atoms with E-state index in [9.17, 15) is 22.8 Å². The Labute approximate surface area is 173 Å². The fourth-order valence-corrected chi connectivity index (χ4v) is 6.84. The Kier molecular flexibility index (Phi) is 4.46. The van der Waals surface area contributed by atoms with Crippen molar-refractivity contribution < 1.29 is 22.8 Å². The van der Waals surface area contributed by atoms with Crippen molar-refractivity contribution in [3.05, 3.63) is 54.4 Å². The fraction of sp³-hybridized carbons (Fsp3) is 0.500. The molecule has 4 saturated carbocycles. The predicted molar refractivity (Wildman–Crippen MR) is 105 cm³/mol. The number of Topliss-reactive ketones (excluding diaryl/α,β-unsaturated/α-hetero) is 2. The van der Waals surface area contributed by atoms with Crippen molar-refractivity contribution in [2.75, 3.05) is 0 Å². The van der Waals surface area contributed by atoms with Crippen molar-refractivity contribution >= 4 is 11.6 Å². The van der Waals surface area contributed by atoms with Crippen LogP contribution in [0.25, 0.3) is 5.69 Å². The second-order valence-corrected chi connectivity index (χ2v) is 9.58. The molecular formula is C24H24F3NO2. The maximum absolute atomic E-state index is 13.6. The van der Waals surface area contributed by atoms with E-state index in [0.717, 1.165) is 24.9 Å². The molecule has 158 valence electrons. The highest BCUT2D eigenvalue weighted by Gasteiger charge is 2.61. The zero-order chi connectivity index (χ0) is 21.1. The molecule has 0 N–H and O–H groups in total. The molecule has 0 unspecified atom stereocenters.